The Labute approximate surface area is 147 Å². The Morgan fingerprint density at radius 3 is 3.04 bits per heavy atom. The van der Waals surface area contributed by atoms with Crippen molar-refractivity contribution in [3.63, 3.8) is 0 Å². The van der Waals surface area contributed by atoms with Gasteiger partial charge in [0.25, 0.3) is 5.91 Å². The first-order valence-electron chi connectivity index (χ1n) is 8.88. The number of carbonyl (C=O) groups is 1. The third-order valence-electron chi connectivity index (χ3n) is 4.14. The molecule has 0 spiro atoms. The molecule has 2 N–H and O–H groups in total. The van der Waals surface area contributed by atoms with E-state index in [2.05, 4.69) is 27.6 Å². The van der Waals surface area contributed by atoms with Crippen LogP contribution in [0.4, 0.5) is 0 Å². The molecule has 25 heavy (non-hydrogen) atoms. The fraction of sp³-hybridized carbons (Fsp3) is 0.421. The molecule has 1 amide bonds. The highest BCUT2D eigenvalue weighted by atomic mass is 16.5. The molecule has 0 saturated heterocycles. The van der Waals surface area contributed by atoms with Gasteiger partial charge in [-0.05, 0) is 37.5 Å². The number of nitrogens with one attached hydrogen (secondary N) is 2. The monoisotopic (exact) mass is 340 g/mol. The summed E-state index contributed by atoms with van der Waals surface area (Å²) < 4.78 is 5.80. The zero-order valence-electron chi connectivity index (χ0n) is 14.5. The second-order valence-corrected chi connectivity index (χ2v) is 6.28. The molecule has 2 aromatic rings. The fourth-order valence-electron chi connectivity index (χ4n) is 2.53. The summed E-state index contributed by atoms with van der Waals surface area (Å²) in [6.45, 7) is 2.85. The lowest BCUT2D eigenvalue weighted by Crippen LogP contribution is -2.18. The Morgan fingerprint density at radius 1 is 1.40 bits per heavy atom. The average Bonchev–Trinajstić information content (AvgIpc) is 3.36. The zero-order chi connectivity index (χ0) is 17.5. The topological polar surface area (TPSA) is 79.4 Å². The van der Waals surface area contributed by atoms with Gasteiger partial charge in [0.1, 0.15) is 5.75 Å². The van der Waals surface area contributed by atoms with Gasteiger partial charge in [0, 0.05) is 17.2 Å². The van der Waals surface area contributed by atoms with Crippen molar-refractivity contribution >= 4 is 12.1 Å². The van der Waals surface area contributed by atoms with Crippen molar-refractivity contribution in [3.8, 4) is 5.75 Å². The van der Waals surface area contributed by atoms with E-state index in [-0.39, 0.29) is 5.91 Å². The number of rotatable bonds is 9. The molecule has 1 fully saturated rings. The second-order valence-electron chi connectivity index (χ2n) is 6.28. The molecular weight excluding hydrogens is 316 g/mol. The van der Waals surface area contributed by atoms with Crippen molar-refractivity contribution in [2.24, 2.45) is 5.10 Å². The van der Waals surface area contributed by atoms with Gasteiger partial charge in [-0.1, -0.05) is 31.9 Å². The number of H-pyrrole nitrogens is 1. The Hall–Kier alpha value is -2.63. The van der Waals surface area contributed by atoms with Crippen LogP contribution < -0.4 is 10.2 Å². The second kappa shape index (κ2) is 8.46. The third-order valence-corrected chi connectivity index (χ3v) is 4.14. The van der Waals surface area contributed by atoms with Gasteiger partial charge in [-0.15, -0.1) is 0 Å². The molecule has 1 saturated carbocycles. The number of ether oxygens (including phenoxy) is 1. The molecule has 3 rings (SSSR count). The highest BCUT2D eigenvalue weighted by Crippen LogP contribution is 2.38. The molecule has 0 unspecified atom stereocenters. The smallest absolute Gasteiger partial charge is 0.291 e. The highest BCUT2D eigenvalue weighted by molar-refractivity contribution is 5.93. The lowest BCUT2D eigenvalue weighted by atomic mass is 10.2. The number of benzene rings is 1. The summed E-state index contributed by atoms with van der Waals surface area (Å²) in [6.07, 6.45) is 7.27. The summed E-state index contributed by atoms with van der Waals surface area (Å²) in [5.74, 6) is 0.988. The highest BCUT2D eigenvalue weighted by Gasteiger charge is 2.26. The first-order valence-corrected chi connectivity index (χ1v) is 8.88. The van der Waals surface area contributed by atoms with E-state index in [9.17, 15) is 4.79 Å². The zero-order valence-corrected chi connectivity index (χ0v) is 14.5. The van der Waals surface area contributed by atoms with Crippen LogP contribution in [0, 0.1) is 0 Å². The first-order chi connectivity index (χ1) is 12.3. The van der Waals surface area contributed by atoms with Gasteiger partial charge in [-0.2, -0.15) is 10.2 Å². The number of para-hydroxylation sites is 1. The van der Waals surface area contributed by atoms with Crippen LogP contribution in [0.1, 0.15) is 66.7 Å². The summed E-state index contributed by atoms with van der Waals surface area (Å²) in [7, 11) is 0. The van der Waals surface area contributed by atoms with E-state index < -0.39 is 0 Å². The van der Waals surface area contributed by atoms with E-state index in [4.69, 9.17) is 4.74 Å². The number of carbonyl (C=O) groups excluding carboxylic acids is 1. The molecule has 0 radical (unpaired) electrons. The van der Waals surface area contributed by atoms with Gasteiger partial charge in [0.15, 0.2) is 5.69 Å². The van der Waals surface area contributed by atoms with Gasteiger partial charge in [-0.3, -0.25) is 9.89 Å². The standard InChI is InChI=1S/C19H24N4O2/c1-2-3-6-11-25-18-8-5-4-7-15(18)13-20-23-19(24)17-12-16(21-22-17)14-9-10-14/h4-5,7-8,12-14H,2-3,6,9-11H2,1H3,(H,21,22)(H,23,24)/b20-13-. The van der Waals surface area contributed by atoms with E-state index in [0.717, 1.165) is 49.1 Å². The molecule has 1 aliphatic carbocycles. The maximum absolute atomic E-state index is 12.1. The van der Waals surface area contributed by atoms with Crippen molar-refractivity contribution in [1.82, 2.24) is 15.6 Å². The Morgan fingerprint density at radius 2 is 2.24 bits per heavy atom. The quantitative estimate of drug-likeness (QED) is 0.416. The number of aromatic amines is 1. The van der Waals surface area contributed by atoms with Crippen LogP contribution in [0.3, 0.4) is 0 Å². The van der Waals surface area contributed by atoms with E-state index in [1.54, 1.807) is 12.3 Å². The van der Waals surface area contributed by atoms with E-state index >= 15 is 0 Å². The van der Waals surface area contributed by atoms with E-state index in [1.165, 1.54) is 0 Å². The largest absolute Gasteiger partial charge is 0.493 e. The number of nitrogens with zero attached hydrogens (tertiary/aromatic N) is 2. The summed E-state index contributed by atoms with van der Waals surface area (Å²) in [5, 5.41) is 11.0. The summed E-state index contributed by atoms with van der Waals surface area (Å²) in [4.78, 5) is 12.1. The average molecular weight is 340 g/mol. The number of hydrazone groups is 1. The fourth-order valence-corrected chi connectivity index (χ4v) is 2.53. The van der Waals surface area contributed by atoms with Crippen LogP contribution in [0.15, 0.2) is 35.4 Å². The Bertz CT molecular complexity index is 735. The maximum Gasteiger partial charge on any atom is 0.291 e. The number of hydrogen-bond donors (Lipinski definition) is 2. The van der Waals surface area contributed by atoms with Gasteiger partial charge >= 0.3 is 0 Å². The van der Waals surface area contributed by atoms with Crippen molar-refractivity contribution in [3.05, 3.63) is 47.3 Å². The first kappa shape index (κ1) is 17.2. The van der Waals surface area contributed by atoms with Crippen LogP contribution in [0.25, 0.3) is 0 Å². The summed E-state index contributed by atoms with van der Waals surface area (Å²) in [5.41, 5.74) is 4.74. The van der Waals surface area contributed by atoms with Crippen LogP contribution in [0.2, 0.25) is 0 Å². The molecule has 1 heterocycles. The minimum absolute atomic E-state index is 0.319. The predicted octanol–water partition coefficient (Wildman–Crippen LogP) is 3.62. The van der Waals surface area contributed by atoms with Gasteiger partial charge in [0.2, 0.25) is 0 Å². The third kappa shape index (κ3) is 4.92. The summed E-state index contributed by atoms with van der Waals surface area (Å²) >= 11 is 0. The minimum Gasteiger partial charge on any atom is -0.493 e. The normalized spacial score (nSPS) is 14.0. The number of unbranched alkanes of at least 4 members (excludes halogenated alkanes) is 2. The molecule has 6 heteroatoms. The Balaban J connectivity index is 1.54. The molecule has 1 aliphatic rings. The molecule has 1 aromatic heterocycles. The number of hydrogen-bond acceptors (Lipinski definition) is 4. The molecule has 0 bridgehead atoms. The molecule has 132 valence electrons. The molecule has 0 atom stereocenters. The molecule has 0 aliphatic heterocycles. The van der Waals surface area contributed by atoms with Gasteiger partial charge < -0.3 is 4.74 Å². The van der Waals surface area contributed by atoms with Gasteiger partial charge in [-0.25, -0.2) is 5.43 Å². The molecule has 1 aromatic carbocycles. The SMILES string of the molecule is CCCCCOc1ccccc1/C=N\NC(=O)c1cc(C2CC2)[nH]n1. The minimum atomic E-state index is -0.319. The number of aromatic nitrogens is 2. The van der Waals surface area contributed by atoms with Crippen LogP contribution in [-0.4, -0.2) is 28.9 Å². The van der Waals surface area contributed by atoms with Crippen molar-refractivity contribution < 1.29 is 9.53 Å². The van der Waals surface area contributed by atoms with E-state index in [0.29, 0.717) is 18.2 Å². The number of amides is 1. The van der Waals surface area contributed by atoms with Crippen molar-refractivity contribution in [2.75, 3.05) is 6.61 Å². The Kier molecular flexibility index (Phi) is 5.82. The van der Waals surface area contributed by atoms with E-state index in [1.807, 2.05) is 24.3 Å². The van der Waals surface area contributed by atoms with Crippen LogP contribution in [0.5, 0.6) is 5.75 Å². The molecule has 6 nitrogen and oxygen atoms in total. The lowest BCUT2D eigenvalue weighted by Gasteiger charge is -2.08. The predicted molar refractivity (Wildman–Crippen MR) is 97.1 cm³/mol. The van der Waals surface area contributed by atoms with Crippen LogP contribution >= 0.6 is 0 Å². The lowest BCUT2D eigenvalue weighted by molar-refractivity contribution is 0.0950. The van der Waals surface area contributed by atoms with Crippen molar-refractivity contribution in [2.45, 2.75) is 44.9 Å². The van der Waals surface area contributed by atoms with Crippen LogP contribution in [-0.2, 0) is 0 Å². The molecular formula is C19H24N4O2. The maximum atomic E-state index is 12.1. The van der Waals surface area contributed by atoms with Crippen molar-refractivity contribution in [1.29, 1.82) is 0 Å². The summed E-state index contributed by atoms with van der Waals surface area (Å²) in [6, 6.07) is 9.45. The van der Waals surface area contributed by atoms with Gasteiger partial charge in [0.05, 0.1) is 12.8 Å².